The molecule has 2 aliphatic heterocycles. The molecule has 2 aliphatic rings. The van der Waals surface area contributed by atoms with Gasteiger partial charge in [-0.25, -0.2) is 0 Å². The van der Waals surface area contributed by atoms with Crippen molar-refractivity contribution >= 4 is 11.8 Å². The number of carbonyl (C=O) groups excluding carboxylic acids is 2. The van der Waals surface area contributed by atoms with E-state index in [0.29, 0.717) is 11.5 Å². The van der Waals surface area contributed by atoms with Crippen LogP contribution in [0.15, 0.2) is 48.5 Å². The predicted octanol–water partition coefficient (Wildman–Crippen LogP) is 4.03. The van der Waals surface area contributed by atoms with Crippen molar-refractivity contribution in [3.8, 4) is 5.75 Å². The molecule has 0 aromatic heterocycles. The van der Waals surface area contributed by atoms with Crippen molar-refractivity contribution in [3.63, 3.8) is 0 Å². The lowest BCUT2D eigenvalue weighted by atomic mass is 9.89. The average Bonchev–Trinajstić information content (AvgIpc) is 3.34. The van der Waals surface area contributed by atoms with Crippen molar-refractivity contribution < 1.29 is 14.3 Å². The number of likely N-dealkylation sites (tertiary alicyclic amines) is 2. The summed E-state index contributed by atoms with van der Waals surface area (Å²) >= 11 is 0. The van der Waals surface area contributed by atoms with Gasteiger partial charge < -0.3 is 14.5 Å². The molecular weight excluding hydrogens is 376 g/mol. The number of rotatable bonds is 5. The minimum atomic E-state index is 0.0980. The van der Waals surface area contributed by atoms with E-state index in [1.54, 1.807) is 7.11 Å². The Morgan fingerprint density at radius 1 is 0.800 bits per heavy atom. The maximum absolute atomic E-state index is 12.7. The molecule has 5 heteroatoms. The van der Waals surface area contributed by atoms with Crippen LogP contribution >= 0.6 is 0 Å². The molecule has 158 valence electrons. The molecule has 2 aromatic carbocycles. The van der Waals surface area contributed by atoms with Crippen LogP contribution in [-0.2, 0) is 6.42 Å². The summed E-state index contributed by atoms with van der Waals surface area (Å²) in [6.07, 6.45) is 5.25. The molecule has 2 fully saturated rings. The molecule has 0 spiro atoms. The summed E-state index contributed by atoms with van der Waals surface area (Å²) in [5.41, 5.74) is 2.78. The second-order valence-corrected chi connectivity index (χ2v) is 8.36. The smallest absolute Gasteiger partial charge is 0.253 e. The number of hydrogen-bond donors (Lipinski definition) is 0. The third-order valence-electron chi connectivity index (χ3n) is 6.36. The van der Waals surface area contributed by atoms with Crippen LogP contribution < -0.4 is 4.74 Å². The summed E-state index contributed by atoms with van der Waals surface area (Å²) < 4.78 is 5.17. The summed E-state index contributed by atoms with van der Waals surface area (Å²) in [6.45, 7) is 3.35. The summed E-state index contributed by atoms with van der Waals surface area (Å²) in [5.74, 6) is 1.59. The molecule has 0 unspecified atom stereocenters. The van der Waals surface area contributed by atoms with E-state index in [0.717, 1.165) is 69.6 Å². The largest absolute Gasteiger partial charge is 0.497 e. The van der Waals surface area contributed by atoms with Crippen LogP contribution in [0.1, 0.15) is 52.0 Å². The van der Waals surface area contributed by atoms with E-state index in [-0.39, 0.29) is 11.8 Å². The van der Waals surface area contributed by atoms with Crippen molar-refractivity contribution in [2.75, 3.05) is 33.3 Å². The van der Waals surface area contributed by atoms with Crippen LogP contribution in [0, 0.1) is 5.92 Å². The van der Waals surface area contributed by atoms with E-state index < -0.39 is 0 Å². The molecule has 2 heterocycles. The molecule has 2 saturated heterocycles. The third kappa shape index (κ3) is 4.66. The Morgan fingerprint density at radius 2 is 1.30 bits per heavy atom. The topological polar surface area (TPSA) is 49.9 Å². The number of amides is 2. The molecule has 0 N–H and O–H groups in total. The zero-order chi connectivity index (χ0) is 20.9. The van der Waals surface area contributed by atoms with Gasteiger partial charge >= 0.3 is 0 Å². The summed E-state index contributed by atoms with van der Waals surface area (Å²) in [5, 5.41) is 0. The normalized spacial score (nSPS) is 17.2. The highest BCUT2D eigenvalue weighted by molar-refractivity contribution is 5.95. The molecule has 30 heavy (non-hydrogen) atoms. The van der Waals surface area contributed by atoms with Crippen LogP contribution in [-0.4, -0.2) is 54.9 Å². The molecule has 0 atom stereocenters. The lowest BCUT2D eigenvalue weighted by molar-refractivity contribution is 0.0690. The minimum absolute atomic E-state index is 0.0980. The van der Waals surface area contributed by atoms with E-state index >= 15 is 0 Å². The molecule has 0 aliphatic carbocycles. The van der Waals surface area contributed by atoms with Gasteiger partial charge in [-0.3, -0.25) is 9.59 Å². The van der Waals surface area contributed by atoms with E-state index in [2.05, 4.69) is 12.1 Å². The lowest BCUT2D eigenvalue weighted by Crippen LogP contribution is -2.38. The van der Waals surface area contributed by atoms with Gasteiger partial charge in [-0.1, -0.05) is 12.1 Å². The van der Waals surface area contributed by atoms with Crippen LogP contribution in [0.3, 0.4) is 0 Å². The average molecular weight is 407 g/mol. The first-order valence-corrected chi connectivity index (χ1v) is 11.0. The third-order valence-corrected chi connectivity index (χ3v) is 6.36. The second kappa shape index (κ2) is 9.33. The van der Waals surface area contributed by atoms with Crippen LogP contribution in [0.25, 0.3) is 0 Å². The predicted molar refractivity (Wildman–Crippen MR) is 117 cm³/mol. The Hall–Kier alpha value is -2.82. The first-order chi connectivity index (χ1) is 14.6. The van der Waals surface area contributed by atoms with Gasteiger partial charge in [0.1, 0.15) is 5.75 Å². The fraction of sp³-hybridized carbons (Fsp3) is 0.440. The van der Waals surface area contributed by atoms with Gasteiger partial charge in [-0.15, -0.1) is 0 Å². The molecular formula is C25H30N2O3. The number of ether oxygens (including phenoxy) is 1. The first kappa shape index (κ1) is 20.5. The summed E-state index contributed by atoms with van der Waals surface area (Å²) in [7, 11) is 1.63. The van der Waals surface area contributed by atoms with Crippen LogP contribution in [0.4, 0.5) is 0 Å². The Morgan fingerprint density at radius 3 is 1.83 bits per heavy atom. The van der Waals surface area contributed by atoms with Gasteiger partial charge in [0.15, 0.2) is 0 Å². The highest BCUT2D eigenvalue weighted by Crippen LogP contribution is 2.24. The maximum atomic E-state index is 12.7. The van der Waals surface area contributed by atoms with E-state index in [4.69, 9.17) is 4.74 Å². The van der Waals surface area contributed by atoms with Gasteiger partial charge in [0.2, 0.25) is 0 Å². The van der Waals surface area contributed by atoms with E-state index in [9.17, 15) is 9.59 Å². The van der Waals surface area contributed by atoms with E-state index in [1.807, 2.05) is 46.2 Å². The van der Waals surface area contributed by atoms with Crippen molar-refractivity contribution in [1.82, 2.24) is 9.80 Å². The Kier molecular flexibility index (Phi) is 6.36. The number of carbonyl (C=O) groups is 2. The second-order valence-electron chi connectivity index (χ2n) is 8.36. The van der Waals surface area contributed by atoms with Crippen molar-refractivity contribution in [3.05, 3.63) is 65.2 Å². The highest BCUT2D eigenvalue weighted by atomic mass is 16.5. The molecule has 0 bridgehead atoms. The molecule has 0 radical (unpaired) electrons. The van der Waals surface area contributed by atoms with Crippen LogP contribution in [0.2, 0.25) is 0 Å². The van der Waals surface area contributed by atoms with Gasteiger partial charge in [0.25, 0.3) is 11.8 Å². The Balaban J connectivity index is 1.28. The number of benzene rings is 2. The Labute approximate surface area is 178 Å². The summed E-state index contributed by atoms with van der Waals surface area (Å²) in [4.78, 5) is 29.1. The van der Waals surface area contributed by atoms with Gasteiger partial charge in [0.05, 0.1) is 7.11 Å². The molecule has 2 aromatic rings. The fourth-order valence-electron chi connectivity index (χ4n) is 4.48. The van der Waals surface area contributed by atoms with Gasteiger partial charge in [-0.2, -0.15) is 0 Å². The number of hydrogen-bond acceptors (Lipinski definition) is 3. The molecule has 5 nitrogen and oxygen atoms in total. The lowest BCUT2D eigenvalue weighted by Gasteiger charge is -2.32. The van der Waals surface area contributed by atoms with Crippen molar-refractivity contribution in [2.24, 2.45) is 5.92 Å². The van der Waals surface area contributed by atoms with Crippen molar-refractivity contribution in [1.29, 1.82) is 0 Å². The SMILES string of the molecule is COc1ccc(C(=O)N2CCC(Cc3ccc(C(=O)N4CCCC4)cc3)CC2)cc1. The first-order valence-electron chi connectivity index (χ1n) is 11.0. The fourth-order valence-corrected chi connectivity index (χ4v) is 4.48. The monoisotopic (exact) mass is 406 g/mol. The number of piperidine rings is 1. The maximum Gasteiger partial charge on any atom is 0.253 e. The number of nitrogens with zero attached hydrogens (tertiary/aromatic N) is 2. The molecule has 0 saturated carbocycles. The van der Waals surface area contributed by atoms with E-state index in [1.165, 1.54) is 5.56 Å². The zero-order valence-corrected chi connectivity index (χ0v) is 17.7. The summed E-state index contributed by atoms with van der Waals surface area (Å²) in [6, 6.07) is 15.5. The van der Waals surface area contributed by atoms with Gasteiger partial charge in [-0.05, 0) is 80.0 Å². The minimum Gasteiger partial charge on any atom is -0.497 e. The number of methoxy groups -OCH3 is 1. The Bertz CT molecular complexity index is 862. The highest BCUT2D eigenvalue weighted by Gasteiger charge is 2.24. The van der Waals surface area contributed by atoms with Gasteiger partial charge in [0, 0.05) is 37.3 Å². The zero-order valence-electron chi connectivity index (χ0n) is 17.7. The standard InChI is InChI=1S/C25H30N2O3/c1-30-23-10-8-22(9-11-23)25(29)27-16-12-20(13-17-27)18-19-4-6-21(7-5-19)24(28)26-14-2-3-15-26/h4-11,20H,2-3,12-18H2,1H3. The molecule has 2 amide bonds. The molecule has 4 rings (SSSR count). The quantitative estimate of drug-likeness (QED) is 0.753. The van der Waals surface area contributed by atoms with Crippen LogP contribution in [0.5, 0.6) is 5.75 Å². The van der Waals surface area contributed by atoms with Crippen molar-refractivity contribution in [2.45, 2.75) is 32.1 Å².